The summed E-state index contributed by atoms with van der Waals surface area (Å²) >= 11 is 0. The minimum absolute atomic E-state index is 0.0957. The number of methoxy groups -OCH3 is 1. The number of carbonyl (C=O) groups is 1. The number of nitrogens with zero attached hydrogens (tertiary/aromatic N) is 6. The van der Waals surface area contributed by atoms with Crippen LogP contribution in [0.4, 0.5) is 11.6 Å². The molecule has 2 N–H and O–H groups in total. The van der Waals surface area contributed by atoms with Gasteiger partial charge in [-0.25, -0.2) is 24.5 Å². The minimum atomic E-state index is -0.349. The molecule has 2 aromatic carbocycles. The van der Waals surface area contributed by atoms with Crippen LogP contribution in [0.1, 0.15) is 10.4 Å². The third-order valence-electron chi connectivity index (χ3n) is 5.76. The summed E-state index contributed by atoms with van der Waals surface area (Å²) in [4.78, 5) is 44.8. The summed E-state index contributed by atoms with van der Waals surface area (Å²) in [7, 11) is 3.06. The van der Waals surface area contributed by atoms with E-state index in [-0.39, 0.29) is 28.9 Å². The number of benzene rings is 2. The monoisotopic (exact) mass is 479 g/mol. The zero-order valence-corrected chi connectivity index (χ0v) is 19.5. The lowest BCUT2D eigenvalue weighted by Gasteiger charge is -2.18. The largest absolute Gasteiger partial charge is 0.480 e. The molecule has 0 atom stereocenters. The number of rotatable bonds is 5. The van der Waals surface area contributed by atoms with Gasteiger partial charge in [-0.1, -0.05) is 24.3 Å². The molecule has 5 rings (SSSR count). The molecule has 0 fully saturated rings. The number of hydrogen-bond acceptors (Lipinski definition) is 8. The van der Waals surface area contributed by atoms with E-state index in [0.29, 0.717) is 33.4 Å². The number of amides is 1. The van der Waals surface area contributed by atoms with Crippen molar-refractivity contribution in [2.75, 3.05) is 24.8 Å². The molecule has 10 heteroatoms. The van der Waals surface area contributed by atoms with Crippen molar-refractivity contribution in [2.45, 2.75) is 0 Å². The van der Waals surface area contributed by atoms with E-state index in [0.717, 1.165) is 0 Å². The predicted molar refractivity (Wildman–Crippen MR) is 136 cm³/mol. The Bertz CT molecular complexity index is 1640. The van der Waals surface area contributed by atoms with Crippen LogP contribution in [-0.4, -0.2) is 44.6 Å². The first kappa shape index (κ1) is 22.7. The number of para-hydroxylation sites is 1. The maximum atomic E-state index is 13.4. The molecule has 3 heterocycles. The Kier molecular flexibility index (Phi) is 5.83. The standard InChI is InChI=1S/C26H21N7O3/c1-32(19-13-28-15-29-14-19)24(34)21-11-17(12-30-23(21)36-2)16-8-9-22-20(10-16)25(35)33(26(27)31-22)18-6-4-3-5-7-18/h3-15H,1-2H3,(H2,27,31). The van der Waals surface area contributed by atoms with Gasteiger partial charge >= 0.3 is 0 Å². The van der Waals surface area contributed by atoms with Crippen LogP contribution in [0.15, 0.2) is 84.3 Å². The summed E-state index contributed by atoms with van der Waals surface area (Å²) in [6.45, 7) is 0. The van der Waals surface area contributed by atoms with Gasteiger partial charge in [0, 0.05) is 18.8 Å². The lowest BCUT2D eigenvalue weighted by Crippen LogP contribution is -2.27. The van der Waals surface area contributed by atoms with E-state index >= 15 is 0 Å². The zero-order valence-electron chi connectivity index (χ0n) is 19.5. The van der Waals surface area contributed by atoms with E-state index in [4.69, 9.17) is 10.5 Å². The molecule has 5 aromatic rings. The van der Waals surface area contributed by atoms with Crippen molar-refractivity contribution in [3.63, 3.8) is 0 Å². The van der Waals surface area contributed by atoms with E-state index in [1.165, 1.54) is 35.3 Å². The van der Waals surface area contributed by atoms with Gasteiger partial charge in [-0.15, -0.1) is 0 Å². The Morgan fingerprint density at radius 2 is 1.75 bits per heavy atom. The highest BCUT2D eigenvalue weighted by atomic mass is 16.5. The van der Waals surface area contributed by atoms with Gasteiger partial charge in [0.2, 0.25) is 11.8 Å². The first-order valence-corrected chi connectivity index (χ1v) is 10.9. The van der Waals surface area contributed by atoms with E-state index in [1.54, 1.807) is 49.6 Å². The summed E-state index contributed by atoms with van der Waals surface area (Å²) in [5.41, 5.74) is 8.97. The minimum Gasteiger partial charge on any atom is -0.480 e. The number of pyridine rings is 1. The SMILES string of the molecule is COc1ncc(-c2ccc3nc(N)n(-c4ccccc4)c(=O)c3c2)cc1C(=O)N(C)c1cncnc1. The third kappa shape index (κ3) is 4.00. The van der Waals surface area contributed by atoms with Gasteiger partial charge < -0.3 is 15.4 Å². The molecule has 36 heavy (non-hydrogen) atoms. The molecule has 10 nitrogen and oxygen atoms in total. The van der Waals surface area contributed by atoms with Crippen LogP contribution >= 0.6 is 0 Å². The zero-order chi connectivity index (χ0) is 25.2. The number of nitrogen functional groups attached to an aromatic ring is 1. The summed E-state index contributed by atoms with van der Waals surface area (Å²) in [5, 5.41) is 0.382. The lowest BCUT2D eigenvalue weighted by atomic mass is 10.0. The molecule has 0 unspecified atom stereocenters. The maximum Gasteiger partial charge on any atom is 0.267 e. The smallest absolute Gasteiger partial charge is 0.267 e. The quantitative estimate of drug-likeness (QED) is 0.407. The summed E-state index contributed by atoms with van der Waals surface area (Å²) in [6, 6.07) is 16.0. The average molecular weight is 480 g/mol. The van der Waals surface area contributed by atoms with Crippen molar-refractivity contribution in [3.8, 4) is 22.7 Å². The molecule has 178 valence electrons. The van der Waals surface area contributed by atoms with Crippen LogP contribution in [0.5, 0.6) is 5.88 Å². The Labute approximate surface area is 205 Å². The molecular formula is C26H21N7O3. The molecule has 0 aliphatic heterocycles. The Morgan fingerprint density at radius 1 is 1.00 bits per heavy atom. The predicted octanol–water partition coefficient (Wildman–Crippen LogP) is 3.11. The molecule has 3 aromatic heterocycles. The molecule has 0 saturated carbocycles. The van der Waals surface area contributed by atoms with Gasteiger partial charge in [0.25, 0.3) is 11.5 Å². The second kappa shape index (κ2) is 9.26. The summed E-state index contributed by atoms with van der Waals surface area (Å²) < 4.78 is 6.71. The number of ether oxygens (including phenoxy) is 1. The van der Waals surface area contributed by atoms with Crippen LogP contribution in [-0.2, 0) is 0 Å². The Morgan fingerprint density at radius 3 is 2.47 bits per heavy atom. The molecule has 1 amide bonds. The first-order valence-electron chi connectivity index (χ1n) is 10.9. The molecule has 0 aliphatic rings. The van der Waals surface area contributed by atoms with Gasteiger partial charge in [0.1, 0.15) is 11.9 Å². The van der Waals surface area contributed by atoms with Gasteiger partial charge in [0.05, 0.1) is 41.8 Å². The molecule has 0 saturated heterocycles. The van der Waals surface area contributed by atoms with Crippen molar-refractivity contribution in [3.05, 3.63) is 95.4 Å². The van der Waals surface area contributed by atoms with Gasteiger partial charge in [-0.05, 0) is 35.9 Å². The van der Waals surface area contributed by atoms with Crippen LogP contribution < -0.4 is 20.9 Å². The van der Waals surface area contributed by atoms with E-state index < -0.39 is 0 Å². The van der Waals surface area contributed by atoms with E-state index in [2.05, 4.69) is 19.9 Å². The summed E-state index contributed by atoms with van der Waals surface area (Å²) in [5.74, 6) is -0.0786. The topological polar surface area (TPSA) is 129 Å². The fourth-order valence-corrected chi connectivity index (χ4v) is 3.90. The van der Waals surface area contributed by atoms with E-state index in [9.17, 15) is 9.59 Å². The van der Waals surface area contributed by atoms with Crippen molar-refractivity contribution in [1.29, 1.82) is 0 Å². The van der Waals surface area contributed by atoms with Gasteiger partial charge in [-0.3, -0.25) is 9.59 Å². The number of aromatic nitrogens is 5. The van der Waals surface area contributed by atoms with Gasteiger partial charge in [0.15, 0.2) is 0 Å². The lowest BCUT2D eigenvalue weighted by molar-refractivity contribution is 0.0989. The van der Waals surface area contributed by atoms with Crippen LogP contribution in [0.25, 0.3) is 27.7 Å². The Hall–Kier alpha value is -5.12. The Balaban J connectivity index is 1.61. The third-order valence-corrected chi connectivity index (χ3v) is 5.76. The van der Waals surface area contributed by atoms with Crippen molar-refractivity contribution in [1.82, 2.24) is 24.5 Å². The van der Waals surface area contributed by atoms with Crippen LogP contribution in [0.2, 0.25) is 0 Å². The van der Waals surface area contributed by atoms with Crippen molar-refractivity contribution < 1.29 is 9.53 Å². The normalized spacial score (nSPS) is 10.8. The second-order valence-electron chi connectivity index (χ2n) is 7.92. The molecule has 0 bridgehead atoms. The van der Waals surface area contributed by atoms with Crippen LogP contribution in [0.3, 0.4) is 0 Å². The summed E-state index contributed by atoms with van der Waals surface area (Å²) in [6.07, 6.45) is 6.05. The molecule has 0 aliphatic carbocycles. The highest BCUT2D eigenvalue weighted by Crippen LogP contribution is 2.28. The highest BCUT2D eigenvalue weighted by molar-refractivity contribution is 6.07. The second-order valence-corrected chi connectivity index (χ2v) is 7.92. The number of nitrogens with two attached hydrogens (primary N) is 1. The number of anilines is 2. The highest BCUT2D eigenvalue weighted by Gasteiger charge is 2.21. The fourth-order valence-electron chi connectivity index (χ4n) is 3.90. The fraction of sp³-hybridized carbons (Fsp3) is 0.0769. The van der Waals surface area contributed by atoms with E-state index in [1.807, 2.05) is 18.2 Å². The number of carbonyl (C=O) groups excluding carboxylic acids is 1. The maximum absolute atomic E-state index is 13.4. The van der Waals surface area contributed by atoms with Crippen molar-refractivity contribution >= 4 is 28.4 Å². The van der Waals surface area contributed by atoms with Gasteiger partial charge in [-0.2, -0.15) is 0 Å². The molecule has 0 spiro atoms. The first-order chi connectivity index (χ1) is 17.5. The number of hydrogen-bond donors (Lipinski definition) is 1. The van der Waals surface area contributed by atoms with Crippen molar-refractivity contribution in [2.24, 2.45) is 0 Å². The van der Waals surface area contributed by atoms with Crippen LogP contribution in [0, 0.1) is 0 Å². The molecular weight excluding hydrogens is 458 g/mol. The number of fused-ring (bicyclic) bond motifs is 1. The average Bonchev–Trinajstić information content (AvgIpc) is 2.93. The molecule has 0 radical (unpaired) electrons.